The van der Waals surface area contributed by atoms with Gasteiger partial charge in [-0.05, 0) is 66.8 Å². The SMILES string of the molecule is CC(C)(C)C1CCC(N2C(=O)N(c3ccccc3OC(F)(F)F)CC2c2ccc(C(=O)NCCC(=O)O)cc2)CC1. The first-order chi connectivity index (χ1) is 19.2. The monoisotopic (exact) mass is 575 g/mol. The van der Waals surface area contributed by atoms with Gasteiger partial charge in [0, 0.05) is 18.2 Å². The second kappa shape index (κ2) is 12.0. The molecule has 2 aromatic carbocycles. The molecule has 8 nitrogen and oxygen atoms in total. The molecule has 222 valence electrons. The van der Waals surface area contributed by atoms with Crippen molar-refractivity contribution in [2.75, 3.05) is 18.0 Å². The van der Waals surface area contributed by atoms with E-state index in [1.165, 1.54) is 23.1 Å². The van der Waals surface area contributed by atoms with Crippen LogP contribution in [0.15, 0.2) is 48.5 Å². The van der Waals surface area contributed by atoms with Crippen LogP contribution in [0.3, 0.4) is 0 Å². The van der Waals surface area contributed by atoms with Crippen LogP contribution in [0.4, 0.5) is 23.7 Å². The summed E-state index contributed by atoms with van der Waals surface area (Å²) in [7, 11) is 0. The topological polar surface area (TPSA) is 99.2 Å². The molecule has 1 saturated heterocycles. The van der Waals surface area contributed by atoms with E-state index in [1.807, 2.05) is 0 Å². The van der Waals surface area contributed by atoms with Crippen LogP contribution in [0, 0.1) is 11.3 Å². The Kier molecular flexibility index (Phi) is 8.84. The Bertz CT molecular complexity index is 1250. The van der Waals surface area contributed by atoms with Crippen molar-refractivity contribution in [2.24, 2.45) is 11.3 Å². The molecule has 0 bridgehead atoms. The fourth-order valence-electron chi connectivity index (χ4n) is 5.84. The average Bonchev–Trinajstić information content (AvgIpc) is 3.24. The van der Waals surface area contributed by atoms with Crippen molar-refractivity contribution in [3.8, 4) is 5.75 Å². The van der Waals surface area contributed by atoms with Crippen LogP contribution in [0.2, 0.25) is 0 Å². The number of halogens is 3. The molecular formula is C30H36F3N3O5. The summed E-state index contributed by atoms with van der Waals surface area (Å²) in [5.41, 5.74) is 1.26. The van der Waals surface area contributed by atoms with E-state index in [-0.39, 0.29) is 42.7 Å². The zero-order valence-electron chi connectivity index (χ0n) is 23.4. The van der Waals surface area contributed by atoms with Gasteiger partial charge in [-0.3, -0.25) is 14.5 Å². The summed E-state index contributed by atoms with van der Waals surface area (Å²) >= 11 is 0. The quantitative estimate of drug-likeness (QED) is 0.381. The maximum Gasteiger partial charge on any atom is 0.573 e. The van der Waals surface area contributed by atoms with Crippen LogP contribution in [0.25, 0.3) is 0 Å². The van der Waals surface area contributed by atoms with Crippen molar-refractivity contribution in [3.05, 3.63) is 59.7 Å². The van der Waals surface area contributed by atoms with Crippen molar-refractivity contribution < 1.29 is 37.4 Å². The first-order valence-corrected chi connectivity index (χ1v) is 13.8. The molecule has 0 spiro atoms. The van der Waals surface area contributed by atoms with Gasteiger partial charge in [0.2, 0.25) is 0 Å². The highest BCUT2D eigenvalue weighted by molar-refractivity contribution is 5.97. The number of aliphatic carboxylic acids is 1. The number of ether oxygens (including phenoxy) is 1. The number of carbonyl (C=O) groups excluding carboxylic acids is 2. The molecule has 2 aromatic rings. The van der Waals surface area contributed by atoms with E-state index in [4.69, 9.17) is 5.11 Å². The molecule has 1 aliphatic carbocycles. The number of benzene rings is 2. The molecule has 2 aliphatic rings. The molecule has 3 amide bonds. The second-order valence-corrected chi connectivity index (χ2v) is 11.7. The molecule has 1 aliphatic heterocycles. The Morgan fingerprint density at radius 1 is 1.00 bits per heavy atom. The zero-order chi connectivity index (χ0) is 29.9. The number of carboxylic acid groups (broad SMARTS) is 1. The number of carbonyl (C=O) groups is 3. The summed E-state index contributed by atoms with van der Waals surface area (Å²) in [5.74, 6) is -1.38. The van der Waals surface area contributed by atoms with Crippen molar-refractivity contribution in [1.82, 2.24) is 10.2 Å². The third-order valence-electron chi connectivity index (χ3n) is 8.02. The summed E-state index contributed by atoms with van der Waals surface area (Å²) in [6.45, 7) is 6.73. The summed E-state index contributed by atoms with van der Waals surface area (Å²) in [5, 5.41) is 11.3. The fraction of sp³-hybridized carbons (Fsp3) is 0.500. The molecular weight excluding hydrogens is 539 g/mol. The maximum absolute atomic E-state index is 13.9. The van der Waals surface area contributed by atoms with E-state index in [0.717, 1.165) is 31.2 Å². The Morgan fingerprint density at radius 3 is 2.22 bits per heavy atom. The fourth-order valence-corrected chi connectivity index (χ4v) is 5.84. The molecule has 2 N–H and O–H groups in total. The lowest BCUT2D eigenvalue weighted by atomic mass is 9.71. The van der Waals surface area contributed by atoms with Crippen LogP contribution in [-0.2, 0) is 4.79 Å². The molecule has 0 aromatic heterocycles. The van der Waals surface area contributed by atoms with Gasteiger partial charge in [-0.15, -0.1) is 13.2 Å². The van der Waals surface area contributed by atoms with Gasteiger partial charge in [-0.1, -0.05) is 45.0 Å². The van der Waals surface area contributed by atoms with Gasteiger partial charge < -0.3 is 20.1 Å². The van der Waals surface area contributed by atoms with E-state index in [0.29, 0.717) is 11.5 Å². The first-order valence-electron chi connectivity index (χ1n) is 13.8. The smallest absolute Gasteiger partial charge is 0.481 e. The van der Waals surface area contributed by atoms with E-state index in [9.17, 15) is 27.6 Å². The van der Waals surface area contributed by atoms with Gasteiger partial charge in [0.15, 0.2) is 5.75 Å². The Hall–Kier alpha value is -3.76. The highest BCUT2D eigenvalue weighted by Gasteiger charge is 2.45. The number of hydrogen-bond donors (Lipinski definition) is 2. The van der Waals surface area contributed by atoms with Gasteiger partial charge in [0.1, 0.15) is 0 Å². The highest BCUT2D eigenvalue weighted by Crippen LogP contribution is 2.45. The number of nitrogens with one attached hydrogen (secondary N) is 1. The number of anilines is 1. The predicted molar refractivity (Wildman–Crippen MR) is 147 cm³/mol. The van der Waals surface area contributed by atoms with E-state index >= 15 is 0 Å². The van der Waals surface area contributed by atoms with Crippen LogP contribution >= 0.6 is 0 Å². The van der Waals surface area contributed by atoms with Crippen LogP contribution in [0.1, 0.15) is 74.8 Å². The average molecular weight is 576 g/mol. The van der Waals surface area contributed by atoms with Crippen molar-refractivity contribution >= 4 is 23.6 Å². The molecule has 1 atom stereocenters. The lowest BCUT2D eigenvalue weighted by molar-refractivity contribution is -0.274. The summed E-state index contributed by atoms with van der Waals surface area (Å²) in [6.07, 6.45) is -1.67. The van der Waals surface area contributed by atoms with Gasteiger partial charge in [0.25, 0.3) is 5.91 Å². The van der Waals surface area contributed by atoms with Crippen LogP contribution in [-0.4, -0.2) is 53.4 Å². The number of urea groups is 1. The van der Waals surface area contributed by atoms with E-state index in [2.05, 4.69) is 30.8 Å². The van der Waals surface area contributed by atoms with Gasteiger partial charge in [-0.2, -0.15) is 0 Å². The maximum atomic E-state index is 13.9. The standard InChI is InChI=1S/C30H36F3N3O5/c1-29(2,3)21-12-14-22(15-13-21)36-24(19-8-10-20(11-9-19)27(39)34-17-16-26(37)38)18-35(28(36)40)23-6-4-5-7-25(23)41-30(31,32)33/h4-11,21-22,24H,12-18H2,1-3H3,(H,34,39)(H,37,38). The van der Waals surface area contributed by atoms with Crippen molar-refractivity contribution in [2.45, 2.75) is 71.3 Å². The summed E-state index contributed by atoms with van der Waals surface area (Å²) < 4.78 is 43.8. The molecule has 1 heterocycles. The molecule has 1 saturated carbocycles. The summed E-state index contributed by atoms with van der Waals surface area (Å²) in [6, 6.07) is 11.4. The Balaban J connectivity index is 1.62. The van der Waals surface area contributed by atoms with Crippen LogP contribution < -0.4 is 15.0 Å². The summed E-state index contributed by atoms with van der Waals surface area (Å²) in [4.78, 5) is 40.2. The molecule has 11 heteroatoms. The predicted octanol–water partition coefficient (Wildman–Crippen LogP) is 6.38. The number of rotatable bonds is 8. The van der Waals surface area contributed by atoms with Gasteiger partial charge in [0.05, 0.1) is 24.7 Å². The number of amides is 3. The number of carboxylic acids is 1. The van der Waals surface area contributed by atoms with Crippen LogP contribution in [0.5, 0.6) is 5.75 Å². The second-order valence-electron chi connectivity index (χ2n) is 11.7. The Morgan fingerprint density at radius 2 is 1.63 bits per heavy atom. The number of alkyl halides is 3. The normalized spacial score (nSPS) is 21.6. The number of hydrogen-bond acceptors (Lipinski definition) is 4. The highest BCUT2D eigenvalue weighted by atomic mass is 19.4. The number of para-hydroxylation sites is 2. The first kappa shape index (κ1) is 30.2. The molecule has 2 fully saturated rings. The minimum Gasteiger partial charge on any atom is -0.481 e. The molecule has 41 heavy (non-hydrogen) atoms. The van der Waals surface area contributed by atoms with Crippen molar-refractivity contribution in [1.29, 1.82) is 0 Å². The van der Waals surface area contributed by atoms with Gasteiger partial charge >= 0.3 is 18.4 Å². The molecule has 0 radical (unpaired) electrons. The zero-order valence-corrected chi connectivity index (χ0v) is 23.4. The minimum atomic E-state index is -4.91. The van der Waals surface area contributed by atoms with Gasteiger partial charge in [-0.25, -0.2) is 4.79 Å². The third-order valence-corrected chi connectivity index (χ3v) is 8.02. The number of nitrogens with zero attached hydrogens (tertiary/aromatic N) is 2. The minimum absolute atomic E-state index is 0.00751. The lowest BCUT2D eigenvalue weighted by Crippen LogP contribution is -2.43. The molecule has 4 rings (SSSR count). The molecule has 1 unspecified atom stereocenters. The van der Waals surface area contributed by atoms with Crippen molar-refractivity contribution in [3.63, 3.8) is 0 Å². The third kappa shape index (κ3) is 7.31. The van der Waals surface area contributed by atoms with E-state index < -0.39 is 30.0 Å². The Labute approximate surface area is 237 Å². The lowest BCUT2D eigenvalue weighted by Gasteiger charge is -2.41. The van der Waals surface area contributed by atoms with E-state index in [1.54, 1.807) is 35.2 Å². The largest absolute Gasteiger partial charge is 0.573 e.